The molecule has 4 fully saturated rings. The Labute approximate surface area is 138 Å². The van der Waals surface area contributed by atoms with Crippen LogP contribution >= 0.6 is 0 Å². The van der Waals surface area contributed by atoms with Crippen molar-refractivity contribution >= 4 is 11.9 Å². The van der Waals surface area contributed by atoms with Gasteiger partial charge in [-0.25, -0.2) is 0 Å². The van der Waals surface area contributed by atoms with Gasteiger partial charge in [0.25, 0.3) is 0 Å². The third-order valence-corrected chi connectivity index (χ3v) is 6.38. The first-order chi connectivity index (χ1) is 10.8. The number of ether oxygens (including phenoxy) is 2. The van der Waals surface area contributed by atoms with E-state index in [1.54, 1.807) is 0 Å². The van der Waals surface area contributed by atoms with E-state index in [4.69, 9.17) is 9.47 Å². The Morgan fingerprint density at radius 3 is 2.13 bits per heavy atom. The van der Waals surface area contributed by atoms with Crippen LogP contribution in [0.2, 0.25) is 0 Å². The second-order valence-electron chi connectivity index (χ2n) is 8.32. The molecule has 4 aliphatic rings. The average molecular weight is 323 g/mol. The van der Waals surface area contributed by atoms with Crippen molar-refractivity contribution in [2.24, 2.45) is 10.8 Å². The molecule has 0 unspecified atom stereocenters. The second kappa shape index (κ2) is 5.76. The van der Waals surface area contributed by atoms with Gasteiger partial charge < -0.3 is 14.8 Å². The number of carbonyl (C=O) groups is 2. The SMILES string of the molecule is COC(=O)C12CCC(C(=O)N[C@@H]3CCOC(C)(C)C3)(CC1)CC2. The minimum atomic E-state index is -0.322. The fraction of sp³-hybridized carbons (Fsp3) is 0.889. The van der Waals surface area contributed by atoms with E-state index in [2.05, 4.69) is 19.2 Å². The maximum atomic E-state index is 12.9. The number of carbonyl (C=O) groups excluding carboxylic acids is 2. The minimum absolute atomic E-state index is 0.0858. The summed E-state index contributed by atoms with van der Waals surface area (Å²) in [5, 5.41) is 3.28. The predicted molar refractivity (Wildman–Crippen MR) is 85.8 cm³/mol. The molecule has 130 valence electrons. The molecule has 0 aromatic rings. The molecular formula is C18H29NO4. The molecule has 1 heterocycles. The first-order valence-corrected chi connectivity index (χ1v) is 8.84. The van der Waals surface area contributed by atoms with Gasteiger partial charge in [0.15, 0.2) is 0 Å². The molecule has 5 nitrogen and oxygen atoms in total. The zero-order chi connectivity index (χ0) is 16.7. The van der Waals surface area contributed by atoms with Gasteiger partial charge in [0, 0.05) is 18.1 Å². The molecule has 3 saturated carbocycles. The Bertz CT molecular complexity index is 475. The van der Waals surface area contributed by atoms with Crippen LogP contribution in [0.3, 0.4) is 0 Å². The van der Waals surface area contributed by atoms with E-state index in [-0.39, 0.29) is 34.3 Å². The number of amides is 1. The Balaban J connectivity index is 1.62. The summed E-state index contributed by atoms with van der Waals surface area (Å²) in [7, 11) is 1.47. The summed E-state index contributed by atoms with van der Waals surface area (Å²) >= 11 is 0. The van der Waals surface area contributed by atoms with E-state index in [9.17, 15) is 9.59 Å². The molecule has 23 heavy (non-hydrogen) atoms. The molecule has 1 N–H and O–H groups in total. The lowest BCUT2D eigenvalue weighted by atomic mass is 9.53. The van der Waals surface area contributed by atoms with Crippen molar-refractivity contribution in [2.45, 2.75) is 76.9 Å². The number of hydrogen-bond donors (Lipinski definition) is 1. The van der Waals surface area contributed by atoms with E-state index < -0.39 is 0 Å². The van der Waals surface area contributed by atoms with E-state index in [0.717, 1.165) is 51.4 Å². The zero-order valence-electron chi connectivity index (χ0n) is 14.6. The predicted octanol–water partition coefficient (Wildman–Crippen LogP) is 2.57. The molecule has 2 bridgehead atoms. The molecule has 1 saturated heterocycles. The smallest absolute Gasteiger partial charge is 0.311 e. The van der Waals surface area contributed by atoms with Crippen LogP contribution in [-0.4, -0.2) is 37.2 Å². The third kappa shape index (κ3) is 3.00. The van der Waals surface area contributed by atoms with Gasteiger partial charge in [-0.3, -0.25) is 9.59 Å². The van der Waals surface area contributed by atoms with Gasteiger partial charge in [0.05, 0.1) is 18.1 Å². The van der Waals surface area contributed by atoms with Crippen LogP contribution < -0.4 is 5.32 Å². The Morgan fingerprint density at radius 2 is 1.61 bits per heavy atom. The largest absolute Gasteiger partial charge is 0.469 e. The topological polar surface area (TPSA) is 64.6 Å². The molecule has 0 spiro atoms. The summed E-state index contributed by atoms with van der Waals surface area (Å²) in [5.41, 5.74) is -0.747. The Hall–Kier alpha value is -1.10. The number of fused-ring (bicyclic) bond motifs is 3. The molecule has 3 aliphatic carbocycles. The minimum Gasteiger partial charge on any atom is -0.469 e. The van der Waals surface area contributed by atoms with E-state index >= 15 is 0 Å². The first kappa shape index (κ1) is 16.7. The lowest BCUT2D eigenvalue weighted by molar-refractivity contribution is -0.167. The summed E-state index contributed by atoms with van der Waals surface area (Å²) in [6, 6.07) is 0.204. The normalized spacial score (nSPS) is 38.8. The van der Waals surface area contributed by atoms with E-state index in [1.165, 1.54) is 7.11 Å². The van der Waals surface area contributed by atoms with Crippen molar-refractivity contribution in [3.8, 4) is 0 Å². The third-order valence-electron chi connectivity index (χ3n) is 6.38. The molecule has 1 aliphatic heterocycles. The highest BCUT2D eigenvalue weighted by Gasteiger charge is 2.56. The summed E-state index contributed by atoms with van der Waals surface area (Å²) in [4.78, 5) is 25.0. The number of methoxy groups -OCH3 is 1. The fourth-order valence-corrected chi connectivity index (χ4v) is 4.74. The van der Waals surface area contributed by atoms with Crippen LogP contribution in [0.5, 0.6) is 0 Å². The highest BCUT2D eigenvalue weighted by molar-refractivity contribution is 5.85. The molecular weight excluding hydrogens is 294 g/mol. The van der Waals surface area contributed by atoms with Crippen LogP contribution in [0, 0.1) is 10.8 Å². The maximum Gasteiger partial charge on any atom is 0.311 e. The Morgan fingerprint density at radius 1 is 1.04 bits per heavy atom. The molecule has 4 rings (SSSR count). The van der Waals surface area contributed by atoms with Gasteiger partial charge in [-0.05, 0) is 65.2 Å². The standard InChI is InChI=1S/C18H29NO4/c1-16(2)12-13(4-11-23-16)19-14(20)17-5-8-18(9-6-17,10-7-17)15(21)22-3/h13H,4-12H2,1-3H3,(H,19,20)/t13-,17?,18?/m1/s1. The van der Waals surface area contributed by atoms with Crippen molar-refractivity contribution in [1.82, 2.24) is 5.32 Å². The number of esters is 1. The van der Waals surface area contributed by atoms with Crippen molar-refractivity contribution in [1.29, 1.82) is 0 Å². The highest BCUT2D eigenvalue weighted by Crippen LogP contribution is 2.57. The zero-order valence-corrected chi connectivity index (χ0v) is 14.6. The fourth-order valence-electron chi connectivity index (χ4n) is 4.74. The highest BCUT2D eigenvalue weighted by atomic mass is 16.5. The molecule has 1 atom stereocenters. The Kier molecular flexibility index (Phi) is 4.20. The van der Waals surface area contributed by atoms with Crippen LogP contribution in [0.15, 0.2) is 0 Å². The number of hydrogen-bond acceptors (Lipinski definition) is 4. The molecule has 1 amide bonds. The summed E-state index contributed by atoms with van der Waals surface area (Å²) in [6.45, 7) is 4.86. The van der Waals surface area contributed by atoms with Gasteiger partial charge in [-0.2, -0.15) is 0 Å². The summed E-state index contributed by atoms with van der Waals surface area (Å²) in [5.74, 6) is 0.107. The van der Waals surface area contributed by atoms with Crippen molar-refractivity contribution < 1.29 is 19.1 Å². The van der Waals surface area contributed by atoms with Gasteiger partial charge in [0.2, 0.25) is 5.91 Å². The quantitative estimate of drug-likeness (QED) is 0.811. The van der Waals surface area contributed by atoms with Gasteiger partial charge in [-0.1, -0.05) is 0 Å². The van der Waals surface area contributed by atoms with E-state index in [1.807, 2.05) is 0 Å². The summed E-state index contributed by atoms with van der Waals surface area (Å²) < 4.78 is 10.7. The molecule has 0 aromatic carbocycles. The number of rotatable bonds is 3. The van der Waals surface area contributed by atoms with Gasteiger partial charge in [0.1, 0.15) is 0 Å². The van der Waals surface area contributed by atoms with Crippen molar-refractivity contribution in [3.05, 3.63) is 0 Å². The first-order valence-electron chi connectivity index (χ1n) is 8.84. The summed E-state index contributed by atoms with van der Waals surface area (Å²) in [6.07, 6.45) is 6.52. The van der Waals surface area contributed by atoms with Crippen LogP contribution in [0.1, 0.15) is 65.2 Å². The second-order valence-corrected chi connectivity index (χ2v) is 8.32. The maximum absolute atomic E-state index is 12.9. The van der Waals surface area contributed by atoms with Crippen LogP contribution in [0.25, 0.3) is 0 Å². The van der Waals surface area contributed by atoms with Gasteiger partial charge >= 0.3 is 5.97 Å². The molecule has 0 radical (unpaired) electrons. The van der Waals surface area contributed by atoms with Crippen molar-refractivity contribution in [2.75, 3.05) is 13.7 Å². The van der Waals surface area contributed by atoms with Crippen LogP contribution in [0.4, 0.5) is 0 Å². The monoisotopic (exact) mass is 323 g/mol. The molecule has 0 aromatic heterocycles. The van der Waals surface area contributed by atoms with Gasteiger partial charge in [-0.15, -0.1) is 0 Å². The average Bonchev–Trinajstić information content (AvgIpc) is 2.54. The molecule has 5 heteroatoms. The van der Waals surface area contributed by atoms with Crippen molar-refractivity contribution in [3.63, 3.8) is 0 Å². The number of nitrogens with one attached hydrogen (secondary N) is 1. The van der Waals surface area contributed by atoms with E-state index in [0.29, 0.717) is 6.61 Å². The lowest BCUT2D eigenvalue weighted by Crippen LogP contribution is -2.55. The van der Waals surface area contributed by atoms with Crippen LogP contribution in [-0.2, 0) is 19.1 Å². The lowest BCUT2D eigenvalue weighted by Gasteiger charge is -2.51.